The Morgan fingerprint density at radius 2 is 2.60 bits per heavy atom. The fourth-order valence-electron chi connectivity index (χ4n) is 1.33. The number of carbonyl (C=O) groups excluding carboxylic acids is 2. The number of hydrogen-bond donors (Lipinski definition) is 0. The topological polar surface area (TPSA) is 74.1 Å². The van der Waals surface area contributed by atoms with Crippen molar-refractivity contribution in [3.8, 4) is 0 Å². The normalized spacial score (nSPS) is 19.8. The van der Waals surface area contributed by atoms with Gasteiger partial charge in [-0.15, -0.1) is 0 Å². The maximum Gasteiger partial charge on any atom is 0.306 e. The molecular weight excluding hydrogens is 218 g/mol. The molecule has 6 nitrogen and oxygen atoms in total. The summed E-state index contributed by atoms with van der Waals surface area (Å²) in [5, 5.41) is 4.39. The van der Waals surface area contributed by atoms with Crippen LogP contribution in [0.1, 0.15) is 11.2 Å². The largest absolute Gasteiger partial charge is 0.469 e. The molecule has 0 aliphatic carbocycles. The lowest BCUT2D eigenvalue weighted by atomic mass is 10.1. The first kappa shape index (κ1) is 10.2. The average Bonchev–Trinajstić information content (AvgIpc) is 2.70. The number of nitrogens with zero attached hydrogens (tertiary/aromatic N) is 3. The Hall–Kier alpha value is -1.37. The number of esters is 1. The summed E-state index contributed by atoms with van der Waals surface area (Å²) in [4.78, 5) is 26.7. The second kappa shape index (κ2) is 4.01. The molecule has 1 atom stereocenters. The summed E-state index contributed by atoms with van der Waals surface area (Å²) in [6, 6.07) is 0. The van der Waals surface area contributed by atoms with Gasteiger partial charge in [-0.1, -0.05) is 11.8 Å². The summed E-state index contributed by atoms with van der Waals surface area (Å²) in [7, 11) is 1.31. The van der Waals surface area contributed by atoms with Gasteiger partial charge < -0.3 is 4.74 Å². The monoisotopic (exact) mass is 227 g/mol. The van der Waals surface area contributed by atoms with Crippen LogP contribution in [-0.2, 0) is 9.53 Å². The maximum atomic E-state index is 11.8. The molecule has 2 rings (SSSR count). The van der Waals surface area contributed by atoms with Crippen LogP contribution in [0.4, 0.5) is 0 Å². The molecule has 80 valence electrons. The molecule has 0 fully saturated rings. The van der Waals surface area contributed by atoms with E-state index in [9.17, 15) is 9.59 Å². The highest BCUT2D eigenvalue weighted by atomic mass is 32.2. The molecule has 15 heavy (non-hydrogen) atoms. The van der Waals surface area contributed by atoms with Gasteiger partial charge in [0.05, 0.1) is 19.4 Å². The first-order chi connectivity index (χ1) is 7.22. The predicted molar refractivity (Wildman–Crippen MR) is 51.5 cm³/mol. The molecule has 1 aromatic rings. The highest BCUT2D eigenvalue weighted by molar-refractivity contribution is 7.99. The quantitative estimate of drug-likeness (QED) is 0.672. The lowest BCUT2D eigenvalue weighted by Crippen LogP contribution is -2.31. The van der Waals surface area contributed by atoms with Crippen LogP contribution in [0.25, 0.3) is 0 Å². The Bertz CT molecular complexity index is 404. The Morgan fingerprint density at radius 3 is 3.33 bits per heavy atom. The second-order valence-electron chi connectivity index (χ2n) is 3.08. The first-order valence-corrected chi connectivity index (χ1v) is 5.34. The Labute approximate surface area is 90.0 Å². The van der Waals surface area contributed by atoms with E-state index >= 15 is 0 Å². The SMILES string of the molecule is COC(=O)C[C@H]1CSc2ncnn2C1=O. The van der Waals surface area contributed by atoms with Crippen LogP contribution in [0.2, 0.25) is 0 Å². The standard InChI is InChI=1S/C8H9N3O3S/c1-14-6(12)2-5-3-15-8-9-4-10-11(8)7(5)13/h4-5H,2-3H2,1H3/t5-/m0/s1. The fourth-order valence-corrected chi connectivity index (χ4v) is 2.32. The number of fused-ring (bicyclic) bond motifs is 1. The number of ether oxygens (including phenoxy) is 1. The molecule has 2 heterocycles. The van der Waals surface area contributed by atoms with E-state index in [0.29, 0.717) is 10.9 Å². The van der Waals surface area contributed by atoms with E-state index < -0.39 is 0 Å². The van der Waals surface area contributed by atoms with Gasteiger partial charge in [0.2, 0.25) is 0 Å². The maximum absolute atomic E-state index is 11.8. The molecule has 0 bridgehead atoms. The van der Waals surface area contributed by atoms with Gasteiger partial charge in [-0.3, -0.25) is 9.59 Å². The van der Waals surface area contributed by atoms with E-state index in [2.05, 4.69) is 14.8 Å². The smallest absolute Gasteiger partial charge is 0.306 e. The van der Waals surface area contributed by atoms with Crippen LogP contribution in [-0.4, -0.2) is 39.5 Å². The van der Waals surface area contributed by atoms with Crippen molar-refractivity contribution in [2.24, 2.45) is 5.92 Å². The highest BCUT2D eigenvalue weighted by Gasteiger charge is 2.31. The molecule has 0 aromatic carbocycles. The van der Waals surface area contributed by atoms with Gasteiger partial charge in [0.1, 0.15) is 6.33 Å². The van der Waals surface area contributed by atoms with Gasteiger partial charge in [-0.25, -0.2) is 4.98 Å². The van der Waals surface area contributed by atoms with Gasteiger partial charge in [-0.2, -0.15) is 9.78 Å². The predicted octanol–water partition coefficient (Wildman–Crippen LogP) is 0.203. The van der Waals surface area contributed by atoms with E-state index in [1.807, 2.05) is 0 Å². The fraction of sp³-hybridized carbons (Fsp3) is 0.500. The van der Waals surface area contributed by atoms with Crippen molar-refractivity contribution in [1.29, 1.82) is 0 Å². The van der Waals surface area contributed by atoms with Crippen molar-refractivity contribution in [3.63, 3.8) is 0 Å². The zero-order chi connectivity index (χ0) is 10.8. The number of methoxy groups -OCH3 is 1. The summed E-state index contributed by atoms with van der Waals surface area (Å²) in [5.41, 5.74) is 0. The lowest BCUT2D eigenvalue weighted by Gasteiger charge is -2.18. The van der Waals surface area contributed by atoms with E-state index in [4.69, 9.17) is 0 Å². The number of thioether (sulfide) groups is 1. The Kier molecular flexibility index (Phi) is 2.72. The number of rotatable bonds is 2. The summed E-state index contributed by atoms with van der Waals surface area (Å²) in [5.74, 6) is -0.382. The Balaban J connectivity index is 2.13. The minimum atomic E-state index is -0.377. The van der Waals surface area contributed by atoms with Crippen LogP contribution in [0, 0.1) is 5.92 Å². The molecule has 0 unspecified atom stereocenters. The van der Waals surface area contributed by atoms with E-state index in [-0.39, 0.29) is 24.2 Å². The van der Waals surface area contributed by atoms with E-state index in [0.717, 1.165) is 0 Å². The van der Waals surface area contributed by atoms with Crippen molar-refractivity contribution in [2.45, 2.75) is 11.6 Å². The molecule has 0 amide bonds. The average molecular weight is 227 g/mol. The zero-order valence-electron chi connectivity index (χ0n) is 8.04. The first-order valence-electron chi connectivity index (χ1n) is 4.36. The molecule has 0 N–H and O–H groups in total. The number of aromatic nitrogens is 3. The van der Waals surface area contributed by atoms with E-state index in [1.54, 1.807) is 0 Å². The number of carbonyl (C=O) groups is 2. The summed E-state index contributed by atoms with van der Waals surface area (Å²) < 4.78 is 5.76. The van der Waals surface area contributed by atoms with Crippen LogP contribution >= 0.6 is 11.8 Å². The third-order valence-corrected chi connectivity index (χ3v) is 3.23. The third kappa shape index (κ3) is 1.87. The van der Waals surface area contributed by atoms with Gasteiger partial charge in [-0.05, 0) is 0 Å². The number of hydrogen-bond acceptors (Lipinski definition) is 6. The van der Waals surface area contributed by atoms with Gasteiger partial charge in [0.25, 0.3) is 5.91 Å². The highest BCUT2D eigenvalue weighted by Crippen LogP contribution is 2.27. The van der Waals surface area contributed by atoms with Gasteiger partial charge in [0, 0.05) is 5.75 Å². The Morgan fingerprint density at radius 1 is 1.80 bits per heavy atom. The van der Waals surface area contributed by atoms with Crippen LogP contribution < -0.4 is 0 Å². The van der Waals surface area contributed by atoms with Crippen molar-refractivity contribution in [2.75, 3.05) is 12.9 Å². The van der Waals surface area contributed by atoms with Crippen molar-refractivity contribution < 1.29 is 14.3 Å². The van der Waals surface area contributed by atoms with Gasteiger partial charge >= 0.3 is 5.97 Å². The zero-order valence-corrected chi connectivity index (χ0v) is 8.86. The molecule has 0 saturated carbocycles. The summed E-state index contributed by atoms with van der Waals surface area (Å²) in [6.45, 7) is 0. The van der Waals surface area contributed by atoms with Crippen molar-refractivity contribution >= 4 is 23.6 Å². The van der Waals surface area contributed by atoms with Crippen molar-refractivity contribution in [1.82, 2.24) is 14.8 Å². The van der Waals surface area contributed by atoms with Crippen LogP contribution in [0.5, 0.6) is 0 Å². The van der Waals surface area contributed by atoms with Gasteiger partial charge in [0.15, 0.2) is 5.16 Å². The molecule has 0 spiro atoms. The molecule has 1 aliphatic rings. The van der Waals surface area contributed by atoms with Crippen LogP contribution in [0.15, 0.2) is 11.5 Å². The molecule has 0 radical (unpaired) electrons. The van der Waals surface area contributed by atoms with Crippen molar-refractivity contribution in [3.05, 3.63) is 6.33 Å². The summed E-state index contributed by atoms with van der Waals surface area (Å²) >= 11 is 1.42. The minimum Gasteiger partial charge on any atom is -0.469 e. The second-order valence-corrected chi connectivity index (χ2v) is 4.07. The minimum absolute atomic E-state index is 0.0988. The molecule has 1 aliphatic heterocycles. The molecule has 1 aromatic heterocycles. The molecule has 7 heteroatoms. The summed E-state index contributed by atoms with van der Waals surface area (Å²) in [6.07, 6.45) is 1.43. The van der Waals surface area contributed by atoms with Crippen LogP contribution in [0.3, 0.4) is 0 Å². The lowest BCUT2D eigenvalue weighted by molar-refractivity contribution is -0.141. The third-order valence-electron chi connectivity index (χ3n) is 2.13. The molecular formula is C8H9N3O3S. The van der Waals surface area contributed by atoms with E-state index in [1.165, 1.54) is 29.9 Å². The molecule has 0 saturated heterocycles.